The molecule has 2 aliphatic heterocycles. The molecule has 12 unspecified atom stereocenters. The number of aliphatic hydroxyl groups excluding tert-OH is 8. The Kier molecular flexibility index (Phi) is 62.7. The van der Waals surface area contributed by atoms with Crippen molar-refractivity contribution in [3.8, 4) is 0 Å². The molecule has 14 heteroatoms. The van der Waals surface area contributed by atoms with Crippen LogP contribution < -0.4 is 5.32 Å². The summed E-state index contributed by atoms with van der Waals surface area (Å²) in [7, 11) is 0. The zero-order chi connectivity index (χ0) is 70.8. The van der Waals surface area contributed by atoms with E-state index in [-0.39, 0.29) is 18.9 Å². The van der Waals surface area contributed by atoms with E-state index in [9.17, 15) is 45.6 Å². The summed E-state index contributed by atoms with van der Waals surface area (Å²) in [6, 6.07) is -0.935. The van der Waals surface area contributed by atoms with Crippen molar-refractivity contribution in [2.45, 2.75) is 421 Å². The molecule has 2 heterocycles. The third kappa shape index (κ3) is 49.7. The van der Waals surface area contributed by atoms with Crippen LogP contribution in [-0.2, 0) is 23.7 Å². The third-order valence-corrected chi connectivity index (χ3v) is 19.6. The summed E-state index contributed by atoms with van der Waals surface area (Å²) in [6.07, 6.45) is 78.2. The molecular formula is C84H151NO13. The molecule has 2 saturated heterocycles. The number of ether oxygens (including phenoxy) is 4. The molecule has 0 bridgehead atoms. The number of amides is 1. The van der Waals surface area contributed by atoms with Gasteiger partial charge in [0.1, 0.15) is 48.8 Å². The minimum absolute atomic E-state index is 0.244. The van der Waals surface area contributed by atoms with Gasteiger partial charge in [0, 0.05) is 6.42 Å². The lowest BCUT2D eigenvalue weighted by atomic mass is 9.97. The number of aliphatic hydroxyl groups is 8. The third-order valence-electron chi connectivity index (χ3n) is 19.6. The zero-order valence-corrected chi connectivity index (χ0v) is 62.5. The average Bonchev–Trinajstić information content (AvgIpc) is 0.793. The van der Waals surface area contributed by atoms with Crippen molar-refractivity contribution in [3.05, 3.63) is 85.1 Å². The van der Waals surface area contributed by atoms with Crippen LogP contribution in [0.5, 0.6) is 0 Å². The Morgan fingerprint density at radius 2 is 0.714 bits per heavy atom. The average molecular weight is 1380 g/mol. The Labute approximate surface area is 599 Å². The van der Waals surface area contributed by atoms with E-state index < -0.39 is 86.8 Å². The number of hydrogen-bond acceptors (Lipinski definition) is 13. The highest BCUT2D eigenvalue weighted by Gasteiger charge is 2.51. The Hall–Kier alpha value is -2.83. The molecule has 98 heavy (non-hydrogen) atoms. The number of allylic oxidation sites excluding steroid dienone is 13. The van der Waals surface area contributed by atoms with Crippen molar-refractivity contribution >= 4 is 5.91 Å². The molecule has 0 spiro atoms. The number of carbonyl (C=O) groups is 1. The second-order valence-electron chi connectivity index (χ2n) is 28.5. The lowest BCUT2D eigenvalue weighted by Crippen LogP contribution is -2.65. The van der Waals surface area contributed by atoms with Crippen LogP contribution in [0.3, 0.4) is 0 Å². The maximum atomic E-state index is 13.4. The number of rotatable bonds is 68. The van der Waals surface area contributed by atoms with E-state index in [1.165, 1.54) is 250 Å². The fourth-order valence-corrected chi connectivity index (χ4v) is 13.2. The molecule has 2 fully saturated rings. The van der Waals surface area contributed by atoms with Crippen LogP contribution in [0.1, 0.15) is 348 Å². The Morgan fingerprint density at radius 1 is 0.378 bits per heavy atom. The molecule has 0 saturated carbocycles. The van der Waals surface area contributed by atoms with Gasteiger partial charge in [-0.25, -0.2) is 0 Å². The molecule has 14 nitrogen and oxygen atoms in total. The SMILES string of the molecule is CC/C=C\C/C=C\C/C=C\C/C=C\C/C=C\CCCCCCCCCCCCCCCCCCCCCCCC(=O)NC(COC1OC(CO)C(OC2OC(CO)C(O)C(O)C2O)C(O)C1O)C(O)/C=C/CC/C=C/CCCCCCCCCCCCCCCCCCCCCCC. The molecule has 0 radical (unpaired) electrons. The summed E-state index contributed by atoms with van der Waals surface area (Å²) in [5.41, 5.74) is 0. The Balaban J connectivity index is 1.61. The molecule has 0 aromatic heterocycles. The topological polar surface area (TPSA) is 228 Å². The molecule has 1 amide bonds. The standard InChI is InChI=1S/C84H151NO13/c1-3-5-7-9-11-13-15-17-19-21-23-25-27-29-31-32-33-34-35-36-37-38-39-40-42-44-46-48-50-52-54-56-58-60-62-64-66-68-76(89)85-72(71-95-83-81(94)79(92)82(75(70-87)97-83)98-84-80(93)78(91)77(90)74(69-86)96-84)73(88)67-65-63-61-59-57-55-53-51-49-47-45-43-41-30-28-26-24-22-20-18-16-14-12-10-8-6-4-2/h5,7,11,13,17,19,23,25,29,31,57,59,65,67,72-75,77-84,86-88,90-94H,3-4,6,8-10,12,14-16,18,20-22,24,26-28,30,32-56,58,60-64,66,68-71H2,1-2H3,(H,85,89)/b7-5-,13-11-,19-17-,25-23-,31-29-,59-57+,67-65+. The summed E-state index contributed by atoms with van der Waals surface area (Å²) in [5, 5.41) is 87.7. The van der Waals surface area contributed by atoms with E-state index in [0.717, 1.165) is 64.2 Å². The van der Waals surface area contributed by atoms with E-state index >= 15 is 0 Å². The summed E-state index contributed by atoms with van der Waals surface area (Å²) in [6.45, 7) is 2.72. The first-order valence-corrected chi connectivity index (χ1v) is 40.8. The predicted molar refractivity (Wildman–Crippen MR) is 406 cm³/mol. The quantitative estimate of drug-likeness (QED) is 0.0204. The van der Waals surface area contributed by atoms with E-state index in [2.05, 4.69) is 92.1 Å². The van der Waals surface area contributed by atoms with Crippen molar-refractivity contribution in [1.82, 2.24) is 5.32 Å². The molecule has 12 atom stereocenters. The van der Waals surface area contributed by atoms with Gasteiger partial charge >= 0.3 is 0 Å². The van der Waals surface area contributed by atoms with Gasteiger partial charge in [-0.15, -0.1) is 0 Å². The fourth-order valence-electron chi connectivity index (χ4n) is 13.2. The van der Waals surface area contributed by atoms with Gasteiger partial charge in [-0.05, 0) is 77.0 Å². The Morgan fingerprint density at radius 3 is 1.12 bits per heavy atom. The molecular weight excluding hydrogens is 1230 g/mol. The van der Waals surface area contributed by atoms with Crippen LogP contribution in [0.15, 0.2) is 85.1 Å². The van der Waals surface area contributed by atoms with Crippen LogP contribution in [0.4, 0.5) is 0 Å². The molecule has 2 rings (SSSR count). The summed E-state index contributed by atoms with van der Waals surface area (Å²) in [4.78, 5) is 13.4. The van der Waals surface area contributed by atoms with E-state index in [1.54, 1.807) is 6.08 Å². The maximum absolute atomic E-state index is 13.4. The monoisotopic (exact) mass is 1380 g/mol. The second kappa shape index (κ2) is 67.4. The van der Waals surface area contributed by atoms with Gasteiger partial charge in [-0.1, -0.05) is 349 Å². The lowest BCUT2D eigenvalue weighted by Gasteiger charge is -2.46. The minimum atomic E-state index is -1.79. The molecule has 0 aliphatic carbocycles. The van der Waals surface area contributed by atoms with Gasteiger partial charge < -0.3 is 65.1 Å². The fraction of sp³-hybridized carbons (Fsp3) is 0.821. The van der Waals surface area contributed by atoms with Crippen molar-refractivity contribution in [2.75, 3.05) is 19.8 Å². The normalized spacial score (nSPS) is 22.5. The molecule has 570 valence electrons. The predicted octanol–water partition coefficient (Wildman–Crippen LogP) is 18.7. The summed E-state index contributed by atoms with van der Waals surface area (Å²) in [5.74, 6) is -0.244. The highest BCUT2D eigenvalue weighted by molar-refractivity contribution is 5.76. The van der Waals surface area contributed by atoms with Gasteiger partial charge in [-0.2, -0.15) is 0 Å². The first-order valence-electron chi connectivity index (χ1n) is 40.8. The number of hydrogen-bond donors (Lipinski definition) is 9. The van der Waals surface area contributed by atoms with E-state index in [0.29, 0.717) is 12.8 Å². The molecule has 0 aromatic rings. The van der Waals surface area contributed by atoms with Crippen molar-refractivity contribution < 1.29 is 64.6 Å². The van der Waals surface area contributed by atoms with Crippen LogP contribution in [0.2, 0.25) is 0 Å². The minimum Gasteiger partial charge on any atom is -0.394 e. The van der Waals surface area contributed by atoms with Gasteiger partial charge in [0.15, 0.2) is 12.6 Å². The Bertz CT molecular complexity index is 1970. The number of carbonyl (C=O) groups excluding carboxylic acids is 1. The lowest BCUT2D eigenvalue weighted by molar-refractivity contribution is -0.359. The van der Waals surface area contributed by atoms with Gasteiger partial charge in [0.05, 0.1) is 32.0 Å². The van der Waals surface area contributed by atoms with Gasteiger partial charge in [0.2, 0.25) is 5.91 Å². The van der Waals surface area contributed by atoms with Crippen LogP contribution in [0.25, 0.3) is 0 Å². The number of nitrogens with one attached hydrogen (secondary N) is 1. The summed E-state index contributed by atoms with van der Waals surface area (Å²) < 4.78 is 22.9. The van der Waals surface area contributed by atoms with Crippen molar-refractivity contribution in [3.63, 3.8) is 0 Å². The smallest absolute Gasteiger partial charge is 0.220 e. The highest BCUT2D eigenvalue weighted by atomic mass is 16.7. The highest BCUT2D eigenvalue weighted by Crippen LogP contribution is 2.30. The first-order chi connectivity index (χ1) is 48.1. The number of unbranched alkanes of at least 4 members (excludes halogenated alkanes) is 43. The maximum Gasteiger partial charge on any atom is 0.220 e. The van der Waals surface area contributed by atoms with Gasteiger partial charge in [-0.3, -0.25) is 4.79 Å². The van der Waals surface area contributed by atoms with E-state index in [1.807, 2.05) is 6.08 Å². The summed E-state index contributed by atoms with van der Waals surface area (Å²) >= 11 is 0. The molecule has 2 aliphatic rings. The molecule has 9 N–H and O–H groups in total. The van der Waals surface area contributed by atoms with Gasteiger partial charge in [0.25, 0.3) is 0 Å². The van der Waals surface area contributed by atoms with Crippen LogP contribution >= 0.6 is 0 Å². The van der Waals surface area contributed by atoms with Crippen LogP contribution in [0, 0.1) is 0 Å². The second-order valence-corrected chi connectivity index (χ2v) is 28.5. The van der Waals surface area contributed by atoms with Crippen LogP contribution in [-0.4, -0.2) is 140 Å². The van der Waals surface area contributed by atoms with E-state index in [4.69, 9.17) is 18.9 Å². The van der Waals surface area contributed by atoms with Crippen molar-refractivity contribution in [2.24, 2.45) is 0 Å². The molecule has 0 aromatic carbocycles. The first kappa shape index (κ1) is 91.3. The largest absolute Gasteiger partial charge is 0.394 e. The zero-order valence-electron chi connectivity index (χ0n) is 62.5. The van der Waals surface area contributed by atoms with Crippen molar-refractivity contribution in [1.29, 1.82) is 0 Å².